The maximum absolute atomic E-state index is 3.37. The third-order valence-corrected chi connectivity index (χ3v) is 6.09. The van der Waals surface area contributed by atoms with Crippen LogP contribution in [0.25, 0.3) is 0 Å². The third kappa shape index (κ3) is 6.96. The molecule has 1 atom stereocenters. The summed E-state index contributed by atoms with van der Waals surface area (Å²) in [5, 5.41) is 0. The van der Waals surface area contributed by atoms with Crippen LogP contribution in [0.15, 0.2) is 102 Å². The van der Waals surface area contributed by atoms with Crippen molar-refractivity contribution in [3.05, 3.63) is 119 Å². The van der Waals surface area contributed by atoms with Crippen LogP contribution in [0.5, 0.6) is 0 Å². The average molecular weight is 488 g/mol. The molecule has 2 aliphatic rings. The van der Waals surface area contributed by atoms with E-state index in [1.165, 1.54) is 49.7 Å². The van der Waals surface area contributed by atoms with Gasteiger partial charge in [0.15, 0.2) is 0 Å². The van der Waals surface area contributed by atoms with Crippen molar-refractivity contribution in [2.75, 3.05) is 0 Å². The molecule has 0 N–H and O–H groups in total. The molecule has 0 fully saturated rings. The first-order chi connectivity index (χ1) is 12.8. The molecule has 2 aliphatic carbocycles. The number of hydrogen-bond donors (Lipinski definition) is 0. The molecule has 28 heavy (non-hydrogen) atoms. The fourth-order valence-electron chi connectivity index (χ4n) is 3.08. The monoisotopic (exact) mass is 485 g/mol. The van der Waals surface area contributed by atoms with Crippen molar-refractivity contribution in [2.24, 2.45) is 5.92 Å². The summed E-state index contributed by atoms with van der Waals surface area (Å²) < 4.78 is 1.42. The Labute approximate surface area is 196 Å². The van der Waals surface area contributed by atoms with Crippen LogP contribution in [-0.4, -0.2) is 3.21 Å². The zero-order valence-electron chi connectivity index (χ0n) is 16.0. The van der Waals surface area contributed by atoms with Gasteiger partial charge in [-0.15, -0.1) is 31.2 Å². The summed E-state index contributed by atoms with van der Waals surface area (Å²) in [6.45, 7) is 2.26. The topological polar surface area (TPSA) is 0 Å². The molecule has 0 saturated carbocycles. The van der Waals surface area contributed by atoms with Crippen molar-refractivity contribution < 1.29 is 24.2 Å². The molecule has 1 unspecified atom stereocenters. The first-order valence-electron chi connectivity index (χ1n) is 9.08. The Morgan fingerprint density at radius 3 is 1.89 bits per heavy atom. The quantitative estimate of drug-likeness (QED) is 0.414. The van der Waals surface area contributed by atoms with Crippen molar-refractivity contribution in [2.45, 2.75) is 19.8 Å². The molecule has 2 aromatic rings. The zero-order valence-corrected chi connectivity index (χ0v) is 20.1. The molecule has 144 valence electrons. The van der Waals surface area contributed by atoms with E-state index in [1.54, 1.807) is 0 Å². The molecule has 0 aliphatic heterocycles. The van der Waals surface area contributed by atoms with E-state index in [-0.39, 0.29) is 24.8 Å². The van der Waals surface area contributed by atoms with Crippen LogP contribution in [0.3, 0.4) is 0 Å². The van der Waals surface area contributed by atoms with Crippen molar-refractivity contribution in [3.8, 4) is 0 Å². The van der Waals surface area contributed by atoms with Gasteiger partial charge >= 0.3 is 99.2 Å². The van der Waals surface area contributed by atoms with E-state index in [1.807, 2.05) is 0 Å². The van der Waals surface area contributed by atoms with E-state index < -0.39 is 0 Å². The normalized spacial score (nSPS) is 14.6. The Morgan fingerprint density at radius 1 is 0.893 bits per heavy atom. The summed E-state index contributed by atoms with van der Waals surface area (Å²) in [5.74, 6) is 0.568. The fraction of sp³-hybridized carbons (Fsp3) is 0.160. The summed E-state index contributed by atoms with van der Waals surface area (Å²) in [7, 11) is 0. The van der Waals surface area contributed by atoms with Crippen LogP contribution in [0.1, 0.15) is 30.9 Å². The molecule has 0 spiro atoms. The van der Waals surface area contributed by atoms with E-state index in [0.29, 0.717) is 5.92 Å². The molecule has 2 aromatic carbocycles. The summed E-state index contributed by atoms with van der Waals surface area (Å²) in [4.78, 5) is 0. The predicted molar refractivity (Wildman–Crippen MR) is 122 cm³/mol. The first kappa shape index (κ1) is 24.8. The summed E-state index contributed by atoms with van der Waals surface area (Å²) in [5.41, 5.74) is 5.54. The zero-order chi connectivity index (χ0) is 18.2. The SMILES string of the molecule is CC(C1=[C-]CC=C1)C1=CC=CC1.Cl.Cl.[Zr]=[C](c1ccccc1)c1ccccc1. The number of benzene rings is 2. The van der Waals surface area contributed by atoms with Crippen LogP contribution < -0.4 is 0 Å². The second-order valence-electron chi connectivity index (χ2n) is 6.44. The standard InChI is InChI=1S/C13H10.C12H13.2ClH.Zr/c1-3-7-12(8-4-1)11-13-9-5-2-6-10-13;1-10(11-6-2-3-7-11)12-8-4-5-9-12;;;/h1-10H;2-4,6,8,10H,5,7H2,1H3;2*1H;/q;-1;;;. The Hall–Kier alpha value is -1.27. The second kappa shape index (κ2) is 13.0. The average Bonchev–Trinajstić information content (AvgIpc) is 3.43. The summed E-state index contributed by atoms with van der Waals surface area (Å²) in [6, 6.07) is 21.1. The molecule has 0 radical (unpaired) electrons. The Morgan fingerprint density at radius 2 is 1.46 bits per heavy atom. The van der Waals surface area contributed by atoms with Crippen LogP contribution in [0, 0.1) is 12.0 Å². The van der Waals surface area contributed by atoms with Gasteiger partial charge in [-0.05, 0) is 12.3 Å². The molecular weight excluding hydrogens is 462 g/mol. The van der Waals surface area contributed by atoms with Crippen LogP contribution in [-0.2, 0) is 24.2 Å². The van der Waals surface area contributed by atoms with Gasteiger partial charge in [-0.1, -0.05) is 30.7 Å². The molecule has 0 aromatic heterocycles. The van der Waals surface area contributed by atoms with E-state index in [2.05, 4.69) is 104 Å². The predicted octanol–water partition coefficient (Wildman–Crippen LogP) is 6.84. The van der Waals surface area contributed by atoms with Gasteiger partial charge in [-0.25, -0.2) is 11.6 Å². The molecule has 0 nitrogen and oxygen atoms in total. The fourth-order valence-corrected chi connectivity index (χ4v) is 3.90. The van der Waals surface area contributed by atoms with Gasteiger partial charge in [0.25, 0.3) is 0 Å². The second-order valence-corrected chi connectivity index (χ2v) is 7.67. The first-order valence-corrected chi connectivity index (χ1v) is 10.3. The molecule has 0 saturated heterocycles. The van der Waals surface area contributed by atoms with Crippen molar-refractivity contribution >= 4 is 28.0 Å². The van der Waals surface area contributed by atoms with E-state index in [9.17, 15) is 0 Å². The number of halogens is 2. The van der Waals surface area contributed by atoms with Crippen LogP contribution >= 0.6 is 24.8 Å². The van der Waals surface area contributed by atoms with Gasteiger partial charge in [0.2, 0.25) is 0 Å². The van der Waals surface area contributed by atoms with Crippen molar-refractivity contribution in [1.29, 1.82) is 0 Å². The van der Waals surface area contributed by atoms with Gasteiger partial charge in [0.05, 0.1) is 0 Å². The van der Waals surface area contributed by atoms with E-state index >= 15 is 0 Å². The van der Waals surface area contributed by atoms with Gasteiger partial charge in [-0.3, -0.25) is 6.08 Å². The summed E-state index contributed by atoms with van der Waals surface area (Å²) >= 11 is 1.46. The Kier molecular flexibility index (Phi) is 11.5. The molecule has 0 heterocycles. The van der Waals surface area contributed by atoms with Gasteiger partial charge in [0, 0.05) is 0 Å². The van der Waals surface area contributed by atoms with E-state index in [4.69, 9.17) is 0 Å². The molecule has 0 bridgehead atoms. The van der Waals surface area contributed by atoms with Gasteiger partial charge in [0.1, 0.15) is 0 Å². The maximum atomic E-state index is 3.37. The minimum absolute atomic E-state index is 0. The minimum atomic E-state index is 0. The number of rotatable bonds is 4. The molecular formula is C25H25Cl2Zr-. The van der Waals surface area contributed by atoms with Gasteiger partial charge < -0.3 is 0 Å². The van der Waals surface area contributed by atoms with Crippen molar-refractivity contribution in [1.82, 2.24) is 0 Å². The van der Waals surface area contributed by atoms with Crippen molar-refractivity contribution in [3.63, 3.8) is 0 Å². The van der Waals surface area contributed by atoms with Gasteiger partial charge in [-0.2, -0.15) is 6.08 Å². The molecule has 4 rings (SSSR count). The molecule has 3 heteroatoms. The number of hydrogen-bond acceptors (Lipinski definition) is 0. The molecule has 0 amide bonds. The Bertz CT molecular complexity index is 820. The summed E-state index contributed by atoms with van der Waals surface area (Å²) in [6.07, 6.45) is 16.5. The number of allylic oxidation sites excluding steroid dienone is 8. The Balaban J connectivity index is 0.000000264. The van der Waals surface area contributed by atoms with E-state index in [0.717, 1.165) is 12.8 Å². The van der Waals surface area contributed by atoms with Crippen LogP contribution in [0.2, 0.25) is 0 Å². The van der Waals surface area contributed by atoms with Crippen LogP contribution in [0.4, 0.5) is 0 Å². The third-order valence-electron chi connectivity index (χ3n) is 4.67.